The summed E-state index contributed by atoms with van der Waals surface area (Å²) in [7, 11) is 0. The highest BCUT2D eigenvalue weighted by molar-refractivity contribution is 6.21. The second-order valence-electron chi connectivity index (χ2n) is 7.94. The van der Waals surface area contributed by atoms with Crippen LogP contribution in [0, 0.1) is 17.8 Å². The number of benzene rings is 1. The molecular formula is C21H24ClN5O. The number of hydrogen-bond acceptors (Lipinski definition) is 5. The van der Waals surface area contributed by atoms with Crippen molar-refractivity contribution < 1.29 is 5.11 Å². The zero-order valence-corrected chi connectivity index (χ0v) is 16.3. The second-order valence-corrected chi connectivity index (χ2v) is 8.50. The summed E-state index contributed by atoms with van der Waals surface area (Å²) in [5, 5.41) is 13.4. The van der Waals surface area contributed by atoms with Crippen molar-refractivity contribution in [1.82, 2.24) is 19.5 Å². The highest BCUT2D eigenvalue weighted by Gasteiger charge is 2.53. The first-order valence-corrected chi connectivity index (χ1v) is 10.4. The lowest BCUT2D eigenvalue weighted by Gasteiger charge is -2.25. The van der Waals surface area contributed by atoms with E-state index in [9.17, 15) is 5.11 Å². The van der Waals surface area contributed by atoms with Crippen LogP contribution in [0.2, 0.25) is 0 Å². The second kappa shape index (κ2) is 7.33. The first-order chi connectivity index (χ1) is 13.8. The van der Waals surface area contributed by atoms with Crippen LogP contribution in [-0.2, 0) is 6.42 Å². The molecule has 1 unspecified atom stereocenters. The average Bonchev–Trinajstić information content (AvgIpc) is 3.39. The summed E-state index contributed by atoms with van der Waals surface area (Å²) >= 11 is 6.49. The van der Waals surface area contributed by atoms with Gasteiger partial charge in [0.2, 0.25) is 0 Å². The fraction of sp³-hybridized carbons (Fsp3) is 0.476. The van der Waals surface area contributed by atoms with Crippen molar-refractivity contribution in [2.24, 2.45) is 17.8 Å². The predicted molar refractivity (Wildman–Crippen MR) is 109 cm³/mol. The van der Waals surface area contributed by atoms with Crippen LogP contribution >= 0.6 is 11.6 Å². The van der Waals surface area contributed by atoms with Gasteiger partial charge in [0.25, 0.3) is 0 Å². The minimum absolute atomic E-state index is 0.179. The van der Waals surface area contributed by atoms with Crippen LogP contribution < -0.4 is 5.32 Å². The lowest BCUT2D eigenvalue weighted by molar-refractivity contribution is 0.185. The Labute approximate surface area is 169 Å². The van der Waals surface area contributed by atoms with E-state index in [1.165, 1.54) is 5.56 Å². The molecular weight excluding hydrogens is 374 g/mol. The summed E-state index contributed by atoms with van der Waals surface area (Å²) in [5.74, 6) is 1.83. The van der Waals surface area contributed by atoms with Crippen molar-refractivity contribution >= 4 is 28.6 Å². The smallest absolute Gasteiger partial charge is 0.165 e. The lowest BCUT2D eigenvalue weighted by atomic mass is 9.94. The molecule has 146 valence electrons. The minimum atomic E-state index is 0.179. The fourth-order valence-electron chi connectivity index (χ4n) is 5.20. The molecule has 6 nitrogen and oxygen atoms in total. The number of rotatable bonds is 6. The van der Waals surface area contributed by atoms with Gasteiger partial charge in [-0.25, -0.2) is 15.0 Å². The highest BCUT2D eigenvalue weighted by Crippen LogP contribution is 2.56. The number of anilines is 1. The summed E-state index contributed by atoms with van der Waals surface area (Å²) < 4.78 is 2.18. The topological polar surface area (TPSA) is 75.9 Å². The first kappa shape index (κ1) is 17.9. The predicted octanol–water partition coefficient (Wildman–Crippen LogP) is 3.28. The summed E-state index contributed by atoms with van der Waals surface area (Å²) in [5.41, 5.74) is 2.96. The van der Waals surface area contributed by atoms with Crippen LogP contribution in [0.1, 0.15) is 24.4 Å². The van der Waals surface area contributed by atoms with Gasteiger partial charge in [-0.3, -0.25) is 0 Å². The van der Waals surface area contributed by atoms with Gasteiger partial charge in [0.15, 0.2) is 11.5 Å². The summed E-state index contributed by atoms with van der Waals surface area (Å²) in [6.07, 6.45) is 6.34. The molecule has 5 atom stereocenters. The molecule has 0 saturated heterocycles. The quantitative estimate of drug-likeness (QED) is 0.624. The van der Waals surface area contributed by atoms with Crippen LogP contribution in [0.3, 0.4) is 0 Å². The van der Waals surface area contributed by atoms with Gasteiger partial charge < -0.3 is 15.0 Å². The molecule has 2 aliphatic carbocycles. The monoisotopic (exact) mass is 397 g/mol. The van der Waals surface area contributed by atoms with E-state index in [1.807, 2.05) is 12.4 Å². The SMILES string of the molecule is OCC1[C@@H]2C[C@H](n3cnc4c(NCCc5ccccc5)ncnc43)[C@H]1C[C@@H]2Cl. The van der Waals surface area contributed by atoms with Gasteiger partial charge in [-0.05, 0) is 42.6 Å². The van der Waals surface area contributed by atoms with Crippen molar-refractivity contribution in [3.8, 4) is 0 Å². The molecule has 2 aliphatic rings. The van der Waals surface area contributed by atoms with Crippen LogP contribution in [0.4, 0.5) is 5.82 Å². The molecule has 0 amide bonds. The van der Waals surface area contributed by atoms with E-state index in [-0.39, 0.29) is 17.9 Å². The molecule has 28 heavy (non-hydrogen) atoms. The van der Waals surface area contributed by atoms with Crippen LogP contribution in [0.5, 0.6) is 0 Å². The zero-order chi connectivity index (χ0) is 19.1. The largest absolute Gasteiger partial charge is 0.396 e. The average molecular weight is 398 g/mol. The van der Waals surface area contributed by atoms with Gasteiger partial charge in [0, 0.05) is 24.6 Å². The van der Waals surface area contributed by atoms with Crippen molar-refractivity contribution in [2.75, 3.05) is 18.5 Å². The molecule has 0 aliphatic heterocycles. The normalized spacial score (nSPS) is 28.9. The third-order valence-corrected chi connectivity index (χ3v) is 7.05. The van der Waals surface area contributed by atoms with E-state index < -0.39 is 0 Å². The molecule has 2 fully saturated rings. The van der Waals surface area contributed by atoms with Crippen LogP contribution in [0.15, 0.2) is 43.0 Å². The van der Waals surface area contributed by atoms with Gasteiger partial charge in [-0.2, -0.15) is 0 Å². The minimum Gasteiger partial charge on any atom is -0.396 e. The standard InChI is InChI=1S/C21H24ClN5O/c22-17-8-15-16(10-28)14(17)9-18(15)27-12-26-19-20(24-11-25-21(19)27)23-7-6-13-4-2-1-3-5-13/h1-5,11-12,14-18,28H,6-10H2,(H,23,24,25)/t14-,15-,16?,17-,18-/m0/s1. The van der Waals surface area contributed by atoms with Crippen molar-refractivity contribution in [3.05, 3.63) is 48.5 Å². The molecule has 2 aromatic heterocycles. The molecule has 0 radical (unpaired) electrons. The first-order valence-electron chi connectivity index (χ1n) is 9.96. The van der Waals surface area contributed by atoms with E-state index in [0.717, 1.165) is 42.8 Å². The van der Waals surface area contributed by atoms with Gasteiger partial charge in [0.05, 0.1) is 6.33 Å². The van der Waals surface area contributed by atoms with E-state index >= 15 is 0 Å². The van der Waals surface area contributed by atoms with E-state index in [4.69, 9.17) is 11.6 Å². The number of aliphatic hydroxyl groups excluding tert-OH is 1. The summed E-state index contributed by atoms with van der Waals surface area (Å²) in [6, 6.07) is 10.7. The van der Waals surface area contributed by atoms with Gasteiger partial charge >= 0.3 is 0 Å². The number of alkyl halides is 1. The van der Waals surface area contributed by atoms with Gasteiger partial charge in [-0.15, -0.1) is 11.6 Å². The zero-order valence-electron chi connectivity index (χ0n) is 15.6. The number of nitrogens with one attached hydrogen (secondary N) is 1. The Morgan fingerprint density at radius 1 is 1.11 bits per heavy atom. The Bertz CT molecular complexity index is 962. The lowest BCUT2D eigenvalue weighted by Crippen LogP contribution is -2.21. The number of hydrogen-bond donors (Lipinski definition) is 2. The Kier molecular flexibility index (Phi) is 4.69. The van der Waals surface area contributed by atoms with Crippen molar-refractivity contribution in [1.29, 1.82) is 0 Å². The molecule has 2 saturated carbocycles. The number of nitrogens with zero attached hydrogens (tertiary/aromatic N) is 4. The molecule has 1 aromatic carbocycles. The molecule has 5 rings (SSSR count). The molecule has 2 N–H and O–H groups in total. The van der Waals surface area contributed by atoms with E-state index in [2.05, 4.69) is 49.1 Å². The van der Waals surface area contributed by atoms with Crippen molar-refractivity contribution in [2.45, 2.75) is 30.7 Å². The number of aliphatic hydroxyl groups is 1. The fourth-order valence-corrected chi connectivity index (χ4v) is 5.69. The number of halogens is 1. The summed E-state index contributed by atoms with van der Waals surface area (Å²) in [6.45, 7) is 1.00. The van der Waals surface area contributed by atoms with E-state index in [1.54, 1.807) is 6.33 Å². The Balaban J connectivity index is 1.36. The van der Waals surface area contributed by atoms with Crippen LogP contribution in [0.25, 0.3) is 11.2 Å². The molecule has 2 heterocycles. The Morgan fingerprint density at radius 3 is 2.75 bits per heavy atom. The maximum atomic E-state index is 9.81. The molecule has 0 spiro atoms. The molecule has 2 bridgehead atoms. The molecule has 3 aromatic rings. The highest BCUT2D eigenvalue weighted by atomic mass is 35.5. The maximum Gasteiger partial charge on any atom is 0.165 e. The number of aromatic nitrogens is 4. The number of fused-ring (bicyclic) bond motifs is 3. The third kappa shape index (κ3) is 2.95. The molecule has 7 heteroatoms. The van der Waals surface area contributed by atoms with Gasteiger partial charge in [0.1, 0.15) is 11.8 Å². The third-order valence-electron chi connectivity index (χ3n) is 6.55. The summed E-state index contributed by atoms with van der Waals surface area (Å²) in [4.78, 5) is 13.6. The number of imidazole rings is 1. The Morgan fingerprint density at radius 2 is 1.96 bits per heavy atom. The van der Waals surface area contributed by atoms with Gasteiger partial charge in [-0.1, -0.05) is 30.3 Å². The van der Waals surface area contributed by atoms with Crippen LogP contribution in [-0.4, -0.2) is 43.2 Å². The van der Waals surface area contributed by atoms with E-state index in [0.29, 0.717) is 17.9 Å². The van der Waals surface area contributed by atoms with Crippen molar-refractivity contribution in [3.63, 3.8) is 0 Å². The maximum absolute atomic E-state index is 9.81. The Hall–Kier alpha value is -2.18.